The Morgan fingerprint density at radius 3 is 2.58 bits per heavy atom. The largest absolute Gasteiger partial charge is 0.345 e. The fourth-order valence-electron chi connectivity index (χ4n) is 2.21. The lowest BCUT2D eigenvalue weighted by atomic mass is 10.1. The van der Waals surface area contributed by atoms with Crippen LogP contribution in [0.3, 0.4) is 0 Å². The zero-order valence-electron chi connectivity index (χ0n) is 11.2. The topological polar surface area (TPSA) is 86.2 Å². The van der Waals surface area contributed by atoms with E-state index in [1.54, 1.807) is 19.0 Å². The molecule has 108 valence electrons. The van der Waals surface area contributed by atoms with Gasteiger partial charge in [-0.1, -0.05) is 0 Å². The lowest BCUT2D eigenvalue weighted by Gasteiger charge is -2.21. The number of carbonyl (C=O) groups excluding carboxylic acids is 1. The minimum absolute atomic E-state index is 0. The maximum absolute atomic E-state index is 12.0. The van der Waals surface area contributed by atoms with Gasteiger partial charge in [0.1, 0.15) is 0 Å². The van der Waals surface area contributed by atoms with Crippen LogP contribution in [-0.4, -0.2) is 37.7 Å². The first-order valence-electron chi connectivity index (χ1n) is 6.14. The molecule has 1 fully saturated rings. The summed E-state index contributed by atoms with van der Waals surface area (Å²) in [4.78, 5) is 25.3. The molecule has 0 radical (unpaired) electrons. The van der Waals surface area contributed by atoms with Crippen LogP contribution in [-0.2, 0) is 25.4 Å². The van der Waals surface area contributed by atoms with Gasteiger partial charge in [0, 0.05) is 20.6 Å². The van der Waals surface area contributed by atoms with Crippen molar-refractivity contribution in [1.29, 1.82) is 0 Å². The molecule has 2 heterocycles. The van der Waals surface area contributed by atoms with Gasteiger partial charge in [0.2, 0.25) is 5.91 Å². The van der Waals surface area contributed by atoms with Gasteiger partial charge in [-0.2, -0.15) is 5.10 Å². The minimum atomic E-state index is -0.423. The quantitative estimate of drug-likeness (QED) is 0.786. The molecule has 1 atom stereocenters. The molecule has 0 aliphatic carbocycles. The highest BCUT2D eigenvalue weighted by Gasteiger charge is 2.25. The second kappa shape index (κ2) is 6.21. The van der Waals surface area contributed by atoms with Gasteiger partial charge >= 0.3 is 5.69 Å². The van der Waals surface area contributed by atoms with Crippen LogP contribution in [0, 0.1) is 0 Å². The van der Waals surface area contributed by atoms with E-state index in [1.807, 2.05) is 0 Å². The van der Waals surface area contributed by atoms with Crippen molar-refractivity contribution in [3.8, 4) is 0 Å². The van der Waals surface area contributed by atoms with Crippen molar-refractivity contribution in [2.45, 2.75) is 31.8 Å². The highest BCUT2D eigenvalue weighted by atomic mass is 35.5. The molecule has 2 N–H and O–H groups in total. The summed E-state index contributed by atoms with van der Waals surface area (Å²) in [5.41, 5.74) is 5.63. The Bertz CT molecular complexity index is 510. The molecular weight excluding hydrogens is 270 g/mol. The van der Waals surface area contributed by atoms with E-state index in [0.717, 1.165) is 19.3 Å². The van der Waals surface area contributed by atoms with Crippen LogP contribution in [0.25, 0.3) is 0 Å². The van der Waals surface area contributed by atoms with E-state index in [0.29, 0.717) is 18.9 Å². The van der Waals surface area contributed by atoms with Crippen LogP contribution in [0.15, 0.2) is 4.79 Å². The van der Waals surface area contributed by atoms with Gasteiger partial charge in [0.05, 0.1) is 12.6 Å². The molecule has 0 spiro atoms. The maximum atomic E-state index is 12.0. The molecule has 1 amide bonds. The molecule has 1 aromatic rings. The van der Waals surface area contributed by atoms with Gasteiger partial charge in [0.25, 0.3) is 0 Å². The number of hydrogen-bond acceptors (Lipinski definition) is 4. The maximum Gasteiger partial charge on any atom is 0.345 e. The minimum Gasteiger partial charge on any atom is -0.334 e. The molecule has 1 unspecified atom stereocenters. The number of halogens is 1. The molecule has 0 bridgehead atoms. The highest BCUT2D eigenvalue weighted by Crippen LogP contribution is 2.12. The van der Waals surface area contributed by atoms with Crippen molar-refractivity contribution in [2.75, 3.05) is 6.54 Å². The van der Waals surface area contributed by atoms with E-state index in [4.69, 9.17) is 5.73 Å². The van der Waals surface area contributed by atoms with Crippen LogP contribution in [0.5, 0.6) is 0 Å². The number of nitrogens with two attached hydrogens (primary N) is 1. The Morgan fingerprint density at radius 1 is 1.32 bits per heavy atom. The first kappa shape index (κ1) is 15.7. The molecule has 0 saturated carbocycles. The molecule has 2 rings (SSSR count). The predicted octanol–water partition coefficient (Wildman–Crippen LogP) is -0.620. The van der Waals surface area contributed by atoms with Crippen LogP contribution in [0.4, 0.5) is 0 Å². The van der Waals surface area contributed by atoms with E-state index >= 15 is 0 Å². The Morgan fingerprint density at radius 2 is 2.00 bits per heavy atom. The van der Waals surface area contributed by atoms with E-state index in [2.05, 4.69) is 5.10 Å². The summed E-state index contributed by atoms with van der Waals surface area (Å²) in [5.74, 6) is 0.538. The zero-order chi connectivity index (χ0) is 13.3. The first-order valence-corrected chi connectivity index (χ1v) is 6.14. The molecule has 19 heavy (non-hydrogen) atoms. The van der Waals surface area contributed by atoms with Gasteiger partial charge in [-0.25, -0.2) is 9.48 Å². The standard InChI is InChI=1S/C11H19N5O2.ClH/c1-14-9(13-15(2)11(14)18)7-16-6-4-3-5-8(12)10(16)17;/h8H,3-7,12H2,1-2H3;1H. The summed E-state index contributed by atoms with van der Waals surface area (Å²) >= 11 is 0. The van der Waals surface area contributed by atoms with Crippen LogP contribution < -0.4 is 11.4 Å². The number of carbonyl (C=O) groups is 1. The van der Waals surface area contributed by atoms with Crippen molar-refractivity contribution in [3.05, 3.63) is 16.3 Å². The summed E-state index contributed by atoms with van der Waals surface area (Å²) in [6, 6.07) is -0.423. The molecule has 7 nitrogen and oxygen atoms in total. The summed E-state index contributed by atoms with van der Waals surface area (Å²) in [6.45, 7) is 1.02. The fraction of sp³-hybridized carbons (Fsp3) is 0.727. The number of amides is 1. The average molecular weight is 290 g/mol. The molecular formula is C11H20ClN5O2. The van der Waals surface area contributed by atoms with Crippen molar-refractivity contribution in [2.24, 2.45) is 19.8 Å². The van der Waals surface area contributed by atoms with Crippen LogP contribution in [0.1, 0.15) is 25.1 Å². The van der Waals surface area contributed by atoms with Crippen molar-refractivity contribution >= 4 is 18.3 Å². The molecule has 1 saturated heterocycles. The number of likely N-dealkylation sites (tertiary alicyclic amines) is 1. The number of rotatable bonds is 2. The smallest absolute Gasteiger partial charge is 0.334 e. The van der Waals surface area contributed by atoms with Crippen molar-refractivity contribution in [3.63, 3.8) is 0 Å². The van der Waals surface area contributed by atoms with E-state index in [-0.39, 0.29) is 24.0 Å². The van der Waals surface area contributed by atoms with Crippen LogP contribution in [0.2, 0.25) is 0 Å². The third-order valence-electron chi connectivity index (χ3n) is 3.37. The Hall–Kier alpha value is -1.34. The third kappa shape index (κ3) is 3.16. The second-order valence-corrected chi connectivity index (χ2v) is 4.74. The van der Waals surface area contributed by atoms with Crippen LogP contribution >= 0.6 is 12.4 Å². The summed E-state index contributed by atoms with van der Waals surface area (Å²) in [6.07, 6.45) is 2.64. The first-order chi connectivity index (χ1) is 8.50. The van der Waals surface area contributed by atoms with Gasteiger partial charge in [-0.3, -0.25) is 9.36 Å². The second-order valence-electron chi connectivity index (χ2n) is 4.74. The van der Waals surface area contributed by atoms with Gasteiger partial charge in [-0.15, -0.1) is 12.4 Å². The van der Waals surface area contributed by atoms with Gasteiger partial charge in [0.15, 0.2) is 5.82 Å². The summed E-state index contributed by atoms with van der Waals surface area (Å²) < 4.78 is 2.74. The van der Waals surface area contributed by atoms with Crippen molar-refractivity contribution in [1.82, 2.24) is 19.2 Å². The monoisotopic (exact) mass is 289 g/mol. The number of aryl methyl sites for hydroxylation is 1. The zero-order valence-corrected chi connectivity index (χ0v) is 12.0. The summed E-state index contributed by atoms with van der Waals surface area (Å²) in [7, 11) is 3.26. The van der Waals surface area contributed by atoms with E-state index in [1.165, 1.54) is 9.25 Å². The lowest BCUT2D eigenvalue weighted by Crippen LogP contribution is -2.42. The molecule has 1 aliphatic rings. The molecule has 1 aromatic heterocycles. The molecule has 8 heteroatoms. The Balaban J connectivity index is 0.00000180. The van der Waals surface area contributed by atoms with E-state index in [9.17, 15) is 9.59 Å². The van der Waals surface area contributed by atoms with Gasteiger partial charge in [-0.05, 0) is 19.3 Å². The average Bonchev–Trinajstić information content (AvgIpc) is 2.51. The predicted molar refractivity (Wildman–Crippen MR) is 72.9 cm³/mol. The van der Waals surface area contributed by atoms with Gasteiger partial charge < -0.3 is 10.6 Å². The third-order valence-corrected chi connectivity index (χ3v) is 3.37. The number of nitrogens with zero attached hydrogens (tertiary/aromatic N) is 4. The molecule has 0 aromatic carbocycles. The SMILES string of the molecule is Cl.Cn1nc(CN2CCCCC(N)C2=O)n(C)c1=O. The fourth-order valence-corrected chi connectivity index (χ4v) is 2.21. The number of aromatic nitrogens is 3. The summed E-state index contributed by atoms with van der Waals surface area (Å²) in [5, 5.41) is 4.13. The Kier molecular flexibility index (Phi) is 5.13. The molecule has 1 aliphatic heterocycles. The highest BCUT2D eigenvalue weighted by molar-refractivity contribution is 5.85. The number of hydrogen-bond donors (Lipinski definition) is 1. The van der Waals surface area contributed by atoms with Crippen molar-refractivity contribution < 1.29 is 4.79 Å². The Labute approximate surface area is 117 Å². The normalized spacial score (nSPS) is 20.1. The van der Waals surface area contributed by atoms with E-state index < -0.39 is 6.04 Å². The lowest BCUT2D eigenvalue weighted by molar-refractivity contribution is -0.132.